The number of hydrogen-bond acceptors (Lipinski definition) is 7. The fourth-order valence-corrected chi connectivity index (χ4v) is 4.84. The van der Waals surface area contributed by atoms with Crippen molar-refractivity contribution in [2.45, 2.75) is 31.7 Å². The zero-order valence-electron chi connectivity index (χ0n) is 19.3. The third-order valence-electron chi connectivity index (χ3n) is 6.31. The lowest BCUT2D eigenvalue weighted by Crippen LogP contribution is -2.52. The number of nitrogens with two attached hydrogens (primary N) is 1. The van der Waals surface area contributed by atoms with E-state index >= 15 is 0 Å². The second-order valence-corrected chi connectivity index (χ2v) is 9.86. The van der Waals surface area contributed by atoms with Crippen LogP contribution in [0.1, 0.15) is 32.0 Å². The van der Waals surface area contributed by atoms with Crippen molar-refractivity contribution in [3.8, 4) is 11.4 Å². The molecule has 4 heterocycles. The Morgan fingerprint density at radius 1 is 1.24 bits per heavy atom. The summed E-state index contributed by atoms with van der Waals surface area (Å²) in [5.74, 6) is 0.507. The zero-order valence-corrected chi connectivity index (χ0v) is 20.9. The number of carbonyl (C=O) groups is 1. The van der Waals surface area contributed by atoms with Gasteiger partial charge in [0.05, 0.1) is 17.3 Å². The lowest BCUT2D eigenvalue weighted by Gasteiger charge is -2.28. The minimum absolute atomic E-state index is 0.303. The van der Waals surface area contributed by atoms with Gasteiger partial charge in [-0.05, 0) is 60.9 Å². The van der Waals surface area contributed by atoms with E-state index in [0.717, 1.165) is 35.1 Å². The van der Waals surface area contributed by atoms with Crippen molar-refractivity contribution in [1.29, 1.82) is 0 Å². The first-order valence-corrected chi connectivity index (χ1v) is 12.3. The van der Waals surface area contributed by atoms with Crippen LogP contribution in [0.5, 0.6) is 0 Å². The molecule has 1 atom stereocenters. The summed E-state index contributed by atoms with van der Waals surface area (Å²) in [6.45, 7) is 5.16. The predicted octanol–water partition coefficient (Wildman–Crippen LogP) is 2.22. The Morgan fingerprint density at radius 2 is 2.03 bits per heavy atom. The Hall–Kier alpha value is -2.89. The van der Waals surface area contributed by atoms with Crippen molar-refractivity contribution < 1.29 is 4.79 Å². The molecule has 11 heteroatoms. The summed E-state index contributed by atoms with van der Waals surface area (Å²) in [4.78, 5) is 25.2. The maximum absolute atomic E-state index is 13.3. The number of para-hydroxylation sites is 1. The number of rotatable bonds is 6. The number of nitrogens with zero attached hydrogens (tertiary/aromatic N) is 7. The van der Waals surface area contributed by atoms with Crippen LogP contribution < -0.4 is 11.1 Å². The van der Waals surface area contributed by atoms with E-state index in [1.54, 1.807) is 22.3 Å². The second-order valence-electron chi connectivity index (χ2n) is 9.01. The van der Waals surface area contributed by atoms with E-state index in [1.165, 1.54) is 19.3 Å². The highest BCUT2D eigenvalue weighted by Gasteiger charge is 2.36. The Morgan fingerprint density at radius 3 is 2.76 bits per heavy atom. The number of aryl methyl sites for hydroxylation is 1. The summed E-state index contributed by atoms with van der Waals surface area (Å²) in [5.41, 5.74) is 7.25. The molecule has 34 heavy (non-hydrogen) atoms. The van der Waals surface area contributed by atoms with Gasteiger partial charge in [-0.3, -0.25) is 9.48 Å². The number of fused-ring (bicyclic) bond motifs is 3. The van der Waals surface area contributed by atoms with Crippen molar-refractivity contribution >= 4 is 38.4 Å². The average molecular weight is 526 g/mol. The molecule has 0 saturated carbocycles. The molecule has 0 spiro atoms. The number of benzene rings is 1. The molecule has 1 aliphatic heterocycles. The summed E-state index contributed by atoms with van der Waals surface area (Å²) in [5, 5.41) is 12.7. The number of halogens is 1. The van der Waals surface area contributed by atoms with E-state index in [9.17, 15) is 4.79 Å². The molecule has 0 radical (unpaired) electrons. The van der Waals surface area contributed by atoms with Gasteiger partial charge in [0.2, 0.25) is 5.91 Å². The van der Waals surface area contributed by atoms with E-state index in [2.05, 4.69) is 36.3 Å². The molecular weight excluding hydrogens is 498 g/mol. The molecule has 4 aromatic rings. The first kappa shape index (κ1) is 22.9. The lowest BCUT2D eigenvalue weighted by molar-refractivity contribution is -0.126. The standard InChI is InChI=1S/C23H28BrN9O/c1-23(25,22(34)26-9-12-32-10-4-3-5-11-32)21-28-18-16(7-6-8-17(18)24)20-29-19(30-33(20)21)15-13-27-31(2)14-15/h6-8,13-14H,3-5,9-12,25H2,1-2H3,(H,26,34)/t23-/m0/s1. The quantitative estimate of drug-likeness (QED) is 0.396. The second kappa shape index (κ2) is 9.05. The third-order valence-corrected chi connectivity index (χ3v) is 6.95. The molecule has 3 N–H and O–H groups in total. The molecule has 178 valence electrons. The molecule has 1 amide bonds. The van der Waals surface area contributed by atoms with Gasteiger partial charge in [0.15, 0.2) is 22.8 Å². The van der Waals surface area contributed by atoms with Crippen LogP contribution in [-0.2, 0) is 17.4 Å². The van der Waals surface area contributed by atoms with Crippen LogP contribution in [0.3, 0.4) is 0 Å². The van der Waals surface area contributed by atoms with E-state index in [1.807, 2.05) is 31.4 Å². The van der Waals surface area contributed by atoms with Gasteiger partial charge in [-0.25, -0.2) is 9.97 Å². The Labute approximate surface area is 205 Å². The smallest absolute Gasteiger partial charge is 0.247 e. The van der Waals surface area contributed by atoms with Gasteiger partial charge < -0.3 is 16.0 Å². The maximum Gasteiger partial charge on any atom is 0.247 e. The molecule has 0 bridgehead atoms. The Bertz CT molecular complexity index is 1350. The van der Waals surface area contributed by atoms with Gasteiger partial charge in [-0.2, -0.15) is 9.61 Å². The SMILES string of the molecule is Cn1cc(-c2nc3c4cccc(Br)c4nc([C@](C)(N)C(=O)NCCN4CCCCC4)n3n2)cn1. The maximum atomic E-state index is 13.3. The summed E-state index contributed by atoms with van der Waals surface area (Å²) < 4.78 is 4.07. The van der Waals surface area contributed by atoms with Crippen LogP contribution in [0.4, 0.5) is 0 Å². The molecule has 5 rings (SSSR count). The number of hydrogen-bond donors (Lipinski definition) is 2. The number of carbonyl (C=O) groups excluding carboxylic acids is 1. The van der Waals surface area contributed by atoms with Crippen molar-refractivity contribution in [3.05, 3.63) is 40.9 Å². The highest BCUT2D eigenvalue weighted by Crippen LogP contribution is 2.30. The van der Waals surface area contributed by atoms with Gasteiger partial charge in [0.1, 0.15) is 0 Å². The molecular formula is C23H28BrN9O. The highest BCUT2D eigenvalue weighted by molar-refractivity contribution is 9.10. The third kappa shape index (κ3) is 4.19. The Kier molecular flexibility index (Phi) is 6.09. The van der Waals surface area contributed by atoms with Crippen molar-refractivity contribution in [2.75, 3.05) is 26.2 Å². The molecule has 1 aromatic carbocycles. The molecule has 1 saturated heterocycles. The number of amides is 1. The van der Waals surface area contributed by atoms with Crippen molar-refractivity contribution in [2.24, 2.45) is 12.8 Å². The van der Waals surface area contributed by atoms with E-state index in [4.69, 9.17) is 15.7 Å². The van der Waals surface area contributed by atoms with Crippen LogP contribution in [0.2, 0.25) is 0 Å². The molecule has 1 aliphatic rings. The number of nitrogens with one attached hydrogen (secondary N) is 1. The van der Waals surface area contributed by atoms with E-state index in [-0.39, 0.29) is 5.91 Å². The van der Waals surface area contributed by atoms with Crippen LogP contribution in [0.15, 0.2) is 35.1 Å². The summed E-state index contributed by atoms with van der Waals surface area (Å²) in [6.07, 6.45) is 7.25. The monoisotopic (exact) mass is 525 g/mol. The molecule has 0 aliphatic carbocycles. The van der Waals surface area contributed by atoms with Gasteiger partial charge >= 0.3 is 0 Å². The van der Waals surface area contributed by atoms with Gasteiger partial charge in [0.25, 0.3) is 0 Å². The minimum Gasteiger partial charge on any atom is -0.353 e. The minimum atomic E-state index is -1.43. The highest BCUT2D eigenvalue weighted by atomic mass is 79.9. The van der Waals surface area contributed by atoms with Crippen LogP contribution in [0, 0.1) is 0 Å². The van der Waals surface area contributed by atoms with Crippen LogP contribution >= 0.6 is 15.9 Å². The first-order valence-electron chi connectivity index (χ1n) is 11.5. The number of aromatic nitrogens is 6. The molecule has 10 nitrogen and oxygen atoms in total. The topological polar surface area (TPSA) is 119 Å². The van der Waals surface area contributed by atoms with Gasteiger partial charge in [-0.15, -0.1) is 5.10 Å². The van der Waals surface area contributed by atoms with Crippen LogP contribution in [0.25, 0.3) is 27.9 Å². The summed E-state index contributed by atoms with van der Waals surface area (Å²) in [7, 11) is 1.84. The van der Waals surface area contributed by atoms with Crippen molar-refractivity contribution in [1.82, 2.24) is 39.6 Å². The van der Waals surface area contributed by atoms with E-state index in [0.29, 0.717) is 29.4 Å². The van der Waals surface area contributed by atoms with E-state index < -0.39 is 5.54 Å². The molecule has 3 aromatic heterocycles. The lowest BCUT2D eigenvalue weighted by atomic mass is 10.0. The Balaban J connectivity index is 1.53. The van der Waals surface area contributed by atoms with Gasteiger partial charge in [0, 0.05) is 36.2 Å². The van der Waals surface area contributed by atoms with Crippen LogP contribution in [-0.4, -0.2) is 66.3 Å². The summed E-state index contributed by atoms with van der Waals surface area (Å²) >= 11 is 3.58. The number of likely N-dealkylation sites (tertiary alicyclic amines) is 1. The number of piperidine rings is 1. The summed E-state index contributed by atoms with van der Waals surface area (Å²) in [6, 6.07) is 5.75. The van der Waals surface area contributed by atoms with Gasteiger partial charge in [-0.1, -0.05) is 12.5 Å². The molecule has 1 fully saturated rings. The predicted molar refractivity (Wildman–Crippen MR) is 133 cm³/mol. The fourth-order valence-electron chi connectivity index (χ4n) is 4.39. The zero-order chi connectivity index (χ0) is 23.9. The largest absolute Gasteiger partial charge is 0.353 e. The normalized spacial score (nSPS) is 16.7. The fraction of sp³-hybridized carbons (Fsp3) is 0.435. The average Bonchev–Trinajstić information content (AvgIpc) is 3.46. The molecule has 0 unspecified atom stereocenters. The first-order chi connectivity index (χ1) is 16.3. The van der Waals surface area contributed by atoms with Crippen molar-refractivity contribution in [3.63, 3.8) is 0 Å².